The SMILES string of the molecule is CCCN(CCC)CCCNC(=O)[C@H]1CCCN(c2ncc(-c3cccc(F)c3)cn2)C1. The number of carbonyl (C=O) groups excluding carboxylic acids is 1. The van der Waals surface area contributed by atoms with Crippen LogP contribution in [0.25, 0.3) is 11.1 Å². The van der Waals surface area contributed by atoms with Crippen LogP contribution in [0.2, 0.25) is 0 Å². The second kappa shape index (κ2) is 12.5. The molecule has 1 aromatic heterocycles. The Balaban J connectivity index is 1.48. The van der Waals surface area contributed by atoms with Crippen LogP contribution in [0.15, 0.2) is 36.7 Å². The fourth-order valence-corrected chi connectivity index (χ4v) is 4.30. The highest BCUT2D eigenvalue weighted by molar-refractivity contribution is 5.79. The Kier molecular flexibility index (Phi) is 9.41. The van der Waals surface area contributed by atoms with Crippen LogP contribution in [-0.4, -0.2) is 60.0 Å². The highest BCUT2D eigenvalue weighted by Crippen LogP contribution is 2.23. The van der Waals surface area contributed by atoms with E-state index < -0.39 is 0 Å². The lowest BCUT2D eigenvalue weighted by molar-refractivity contribution is -0.125. The Morgan fingerprint density at radius 3 is 2.59 bits per heavy atom. The van der Waals surface area contributed by atoms with E-state index in [0.717, 1.165) is 76.0 Å². The number of rotatable bonds is 11. The predicted molar refractivity (Wildman–Crippen MR) is 127 cm³/mol. The molecule has 1 amide bonds. The summed E-state index contributed by atoms with van der Waals surface area (Å²) in [6.07, 6.45) is 8.58. The molecule has 1 fully saturated rings. The van der Waals surface area contributed by atoms with Crippen LogP contribution in [0.5, 0.6) is 0 Å². The second-order valence-electron chi connectivity index (χ2n) is 8.55. The molecule has 3 rings (SSSR count). The molecule has 7 heteroatoms. The topological polar surface area (TPSA) is 61.4 Å². The Hall–Kier alpha value is -2.54. The van der Waals surface area contributed by atoms with E-state index in [4.69, 9.17) is 0 Å². The number of halogens is 1. The molecule has 1 aliphatic rings. The number of hydrogen-bond donors (Lipinski definition) is 1. The molecule has 2 aromatic rings. The van der Waals surface area contributed by atoms with Crippen molar-refractivity contribution in [1.29, 1.82) is 0 Å². The maximum Gasteiger partial charge on any atom is 0.225 e. The van der Waals surface area contributed by atoms with E-state index >= 15 is 0 Å². The van der Waals surface area contributed by atoms with Crippen LogP contribution in [0, 0.1) is 11.7 Å². The molecule has 0 bridgehead atoms. The Labute approximate surface area is 191 Å². The maximum atomic E-state index is 13.5. The normalized spacial score (nSPS) is 16.4. The van der Waals surface area contributed by atoms with Crippen LogP contribution in [-0.2, 0) is 4.79 Å². The molecule has 1 atom stereocenters. The van der Waals surface area contributed by atoms with Gasteiger partial charge in [0.15, 0.2) is 0 Å². The van der Waals surface area contributed by atoms with Crippen molar-refractivity contribution in [3.05, 3.63) is 42.5 Å². The number of carbonyl (C=O) groups is 1. The standard InChI is InChI=1S/C25H36FN5O/c1-3-12-30(13-4-2)14-7-11-27-24(32)21-9-6-15-31(19-21)25-28-17-22(18-29-25)20-8-5-10-23(26)16-20/h5,8,10,16-18,21H,3-4,6-7,9,11-15,19H2,1-2H3,(H,27,32)/t21-/m0/s1. The summed E-state index contributed by atoms with van der Waals surface area (Å²) >= 11 is 0. The van der Waals surface area contributed by atoms with Crippen LogP contribution in [0.3, 0.4) is 0 Å². The van der Waals surface area contributed by atoms with E-state index in [0.29, 0.717) is 12.5 Å². The molecule has 0 spiro atoms. The van der Waals surface area contributed by atoms with Crippen molar-refractivity contribution in [3.63, 3.8) is 0 Å². The van der Waals surface area contributed by atoms with Crippen molar-refractivity contribution >= 4 is 11.9 Å². The maximum absolute atomic E-state index is 13.5. The average Bonchev–Trinajstić information content (AvgIpc) is 2.82. The van der Waals surface area contributed by atoms with Gasteiger partial charge < -0.3 is 15.1 Å². The van der Waals surface area contributed by atoms with Gasteiger partial charge in [-0.2, -0.15) is 0 Å². The lowest BCUT2D eigenvalue weighted by atomic mass is 9.97. The zero-order valence-corrected chi connectivity index (χ0v) is 19.4. The third-order valence-electron chi connectivity index (χ3n) is 5.90. The molecule has 0 saturated carbocycles. The largest absolute Gasteiger partial charge is 0.356 e. The molecule has 0 radical (unpaired) electrons. The summed E-state index contributed by atoms with van der Waals surface area (Å²) in [7, 11) is 0. The monoisotopic (exact) mass is 441 g/mol. The van der Waals surface area contributed by atoms with Gasteiger partial charge in [-0.3, -0.25) is 4.79 Å². The van der Waals surface area contributed by atoms with E-state index in [-0.39, 0.29) is 17.6 Å². The molecular formula is C25H36FN5O. The lowest BCUT2D eigenvalue weighted by Gasteiger charge is -2.32. The van der Waals surface area contributed by atoms with E-state index in [2.05, 4.69) is 38.9 Å². The highest BCUT2D eigenvalue weighted by atomic mass is 19.1. The summed E-state index contributed by atoms with van der Waals surface area (Å²) in [5.74, 6) is 0.429. The average molecular weight is 442 g/mol. The van der Waals surface area contributed by atoms with Gasteiger partial charge in [0.1, 0.15) is 5.82 Å². The first-order chi connectivity index (χ1) is 15.6. The summed E-state index contributed by atoms with van der Waals surface area (Å²) < 4.78 is 13.5. The molecule has 1 N–H and O–H groups in total. The van der Waals surface area contributed by atoms with E-state index in [1.54, 1.807) is 18.5 Å². The van der Waals surface area contributed by atoms with Crippen LogP contribution in [0.1, 0.15) is 46.0 Å². The van der Waals surface area contributed by atoms with Gasteiger partial charge in [0.05, 0.1) is 5.92 Å². The first-order valence-electron chi connectivity index (χ1n) is 11.9. The molecule has 0 aliphatic carbocycles. The summed E-state index contributed by atoms with van der Waals surface area (Å²) in [4.78, 5) is 26.2. The van der Waals surface area contributed by atoms with E-state index in [1.165, 1.54) is 12.1 Å². The number of nitrogens with zero attached hydrogens (tertiary/aromatic N) is 4. The number of anilines is 1. The van der Waals surface area contributed by atoms with Gasteiger partial charge in [-0.1, -0.05) is 26.0 Å². The summed E-state index contributed by atoms with van der Waals surface area (Å²) in [6, 6.07) is 6.41. The molecule has 6 nitrogen and oxygen atoms in total. The van der Waals surface area contributed by atoms with Gasteiger partial charge in [-0.25, -0.2) is 14.4 Å². The van der Waals surface area contributed by atoms with Crippen molar-refractivity contribution < 1.29 is 9.18 Å². The van der Waals surface area contributed by atoms with Crippen molar-refractivity contribution in [2.45, 2.75) is 46.0 Å². The number of amides is 1. The number of benzene rings is 1. The van der Waals surface area contributed by atoms with Crippen molar-refractivity contribution in [1.82, 2.24) is 20.2 Å². The first-order valence-corrected chi connectivity index (χ1v) is 11.9. The molecule has 32 heavy (non-hydrogen) atoms. The number of aromatic nitrogens is 2. The van der Waals surface area contributed by atoms with Gasteiger partial charge >= 0.3 is 0 Å². The summed E-state index contributed by atoms with van der Waals surface area (Å²) in [5.41, 5.74) is 1.53. The fourth-order valence-electron chi connectivity index (χ4n) is 4.30. The zero-order chi connectivity index (χ0) is 22.8. The molecule has 1 aromatic carbocycles. The van der Waals surface area contributed by atoms with E-state index in [1.807, 2.05) is 6.07 Å². The molecule has 0 unspecified atom stereocenters. The minimum absolute atomic E-state index is 0.0439. The lowest BCUT2D eigenvalue weighted by Crippen LogP contribution is -2.44. The van der Waals surface area contributed by atoms with Crippen LogP contribution >= 0.6 is 0 Å². The molecule has 2 heterocycles. The molecular weight excluding hydrogens is 405 g/mol. The number of hydrogen-bond acceptors (Lipinski definition) is 5. The fraction of sp³-hybridized carbons (Fsp3) is 0.560. The minimum atomic E-state index is -0.278. The van der Waals surface area contributed by atoms with Crippen LogP contribution < -0.4 is 10.2 Å². The molecule has 174 valence electrons. The second-order valence-corrected chi connectivity index (χ2v) is 8.55. The van der Waals surface area contributed by atoms with Crippen molar-refractivity contribution in [2.24, 2.45) is 5.92 Å². The van der Waals surface area contributed by atoms with Crippen molar-refractivity contribution in [2.75, 3.05) is 44.2 Å². The third-order valence-corrected chi connectivity index (χ3v) is 5.90. The quantitative estimate of drug-likeness (QED) is 0.532. The third kappa shape index (κ3) is 6.99. The Morgan fingerprint density at radius 2 is 1.91 bits per heavy atom. The van der Waals surface area contributed by atoms with Gasteiger partial charge in [0, 0.05) is 37.6 Å². The predicted octanol–water partition coefficient (Wildman–Crippen LogP) is 4.13. The van der Waals surface area contributed by atoms with Crippen molar-refractivity contribution in [3.8, 4) is 11.1 Å². The summed E-state index contributed by atoms with van der Waals surface area (Å²) in [5, 5.41) is 3.13. The number of nitrogens with one attached hydrogen (secondary N) is 1. The highest BCUT2D eigenvalue weighted by Gasteiger charge is 2.27. The summed E-state index contributed by atoms with van der Waals surface area (Å²) in [6.45, 7) is 9.88. The number of piperidine rings is 1. The van der Waals surface area contributed by atoms with Gasteiger partial charge in [-0.15, -0.1) is 0 Å². The van der Waals surface area contributed by atoms with E-state index in [9.17, 15) is 9.18 Å². The molecule has 1 saturated heterocycles. The van der Waals surface area contributed by atoms with Gasteiger partial charge in [0.2, 0.25) is 11.9 Å². The zero-order valence-electron chi connectivity index (χ0n) is 19.4. The Bertz CT molecular complexity index is 838. The van der Waals surface area contributed by atoms with Gasteiger partial charge in [-0.05, 0) is 69.4 Å². The minimum Gasteiger partial charge on any atom is -0.356 e. The molecule has 1 aliphatic heterocycles. The first kappa shape index (κ1) is 24.1. The van der Waals surface area contributed by atoms with Crippen LogP contribution in [0.4, 0.5) is 10.3 Å². The smallest absolute Gasteiger partial charge is 0.225 e. The Morgan fingerprint density at radius 1 is 1.16 bits per heavy atom. The van der Waals surface area contributed by atoms with Gasteiger partial charge in [0.25, 0.3) is 0 Å².